The third-order valence-electron chi connectivity index (χ3n) is 6.51. The zero-order valence-electron chi connectivity index (χ0n) is 21.4. The van der Waals surface area contributed by atoms with Gasteiger partial charge in [0, 0.05) is 12.1 Å². The van der Waals surface area contributed by atoms with Crippen molar-refractivity contribution in [1.29, 1.82) is 0 Å². The van der Waals surface area contributed by atoms with Gasteiger partial charge in [-0.15, -0.1) is 0 Å². The summed E-state index contributed by atoms with van der Waals surface area (Å²) in [6.07, 6.45) is 0.667. The van der Waals surface area contributed by atoms with Crippen LogP contribution in [0.25, 0.3) is 5.76 Å². The topological polar surface area (TPSA) is 88.5 Å². The summed E-state index contributed by atoms with van der Waals surface area (Å²) < 4.78 is 17.3. The summed E-state index contributed by atoms with van der Waals surface area (Å²) in [5.74, 6) is 0.668. The van der Waals surface area contributed by atoms with Gasteiger partial charge in [0.15, 0.2) is 11.5 Å². The molecule has 3 aromatic rings. The number of aliphatic hydroxyl groups excluding tert-OH is 1. The molecule has 5 rings (SSSR count). The Morgan fingerprint density at radius 1 is 0.947 bits per heavy atom. The Balaban J connectivity index is 1.56. The first kappa shape index (κ1) is 25.4. The minimum atomic E-state index is -0.773. The van der Waals surface area contributed by atoms with E-state index >= 15 is 0 Å². The van der Waals surface area contributed by atoms with Gasteiger partial charge in [0.1, 0.15) is 30.5 Å². The molecule has 8 nitrogen and oxygen atoms in total. The first-order chi connectivity index (χ1) is 18.4. The van der Waals surface area contributed by atoms with Crippen molar-refractivity contribution < 1.29 is 28.9 Å². The maximum atomic E-state index is 13.4. The highest BCUT2D eigenvalue weighted by molar-refractivity contribution is 6.46. The summed E-state index contributed by atoms with van der Waals surface area (Å²) in [7, 11) is 3.91. The zero-order valence-corrected chi connectivity index (χ0v) is 21.4. The van der Waals surface area contributed by atoms with E-state index in [1.807, 2.05) is 67.5 Å². The van der Waals surface area contributed by atoms with E-state index in [1.54, 1.807) is 24.3 Å². The number of hydrogen-bond acceptors (Lipinski definition) is 7. The van der Waals surface area contributed by atoms with Gasteiger partial charge in [-0.1, -0.05) is 30.3 Å². The fourth-order valence-corrected chi connectivity index (χ4v) is 4.73. The molecule has 2 aliphatic rings. The molecule has 0 spiro atoms. The number of carbonyl (C=O) groups excluding carboxylic acids is 2. The Hall–Kier alpha value is -4.30. The summed E-state index contributed by atoms with van der Waals surface area (Å²) in [4.78, 5) is 30.2. The molecule has 0 radical (unpaired) electrons. The van der Waals surface area contributed by atoms with Crippen LogP contribution in [0.2, 0.25) is 0 Å². The van der Waals surface area contributed by atoms with Crippen LogP contribution in [0.15, 0.2) is 78.4 Å². The van der Waals surface area contributed by atoms with Crippen molar-refractivity contribution in [3.8, 4) is 23.0 Å². The van der Waals surface area contributed by atoms with Crippen molar-refractivity contribution in [1.82, 2.24) is 9.80 Å². The lowest BCUT2D eigenvalue weighted by Crippen LogP contribution is -2.32. The maximum absolute atomic E-state index is 13.4. The summed E-state index contributed by atoms with van der Waals surface area (Å²) in [5, 5.41) is 11.4. The predicted octanol–water partition coefficient (Wildman–Crippen LogP) is 4.62. The van der Waals surface area contributed by atoms with Gasteiger partial charge in [-0.05, 0) is 75.1 Å². The van der Waals surface area contributed by atoms with Crippen LogP contribution < -0.4 is 14.2 Å². The van der Waals surface area contributed by atoms with Crippen LogP contribution >= 0.6 is 0 Å². The number of amides is 1. The largest absolute Gasteiger partial charge is 0.507 e. The molecule has 1 atom stereocenters. The first-order valence-electron chi connectivity index (χ1n) is 12.6. The van der Waals surface area contributed by atoms with Crippen LogP contribution in [0.1, 0.15) is 23.6 Å². The van der Waals surface area contributed by atoms with E-state index in [4.69, 9.17) is 14.2 Å². The zero-order chi connectivity index (χ0) is 26.6. The number of ether oxygens (including phenoxy) is 3. The molecule has 1 amide bonds. The Morgan fingerprint density at radius 2 is 1.68 bits per heavy atom. The van der Waals surface area contributed by atoms with Gasteiger partial charge in [0.25, 0.3) is 11.7 Å². The Kier molecular flexibility index (Phi) is 7.33. The summed E-state index contributed by atoms with van der Waals surface area (Å²) in [6, 6.07) is 20.9. The number of hydrogen-bond donors (Lipinski definition) is 1. The maximum Gasteiger partial charge on any atom is 0.295 e. The first-order valence-corrected chi connectivity index (χ1v) is 12.6. The molecule has 0 aromatic heterocycles. The third kappa shape index (κ3) is 5.21. The molecule has 38 heavy (non-hydrogen) atoms. The summed E-state index contributed by atoms with van der Waals surface area (Å²) >= 11 is 0. The van der Waals surface area contributed by atoms with Crippen LogP contribution in [-0.2, 0) is 9.59 Å². The minimum Gasteiger partial charge on any atom is -0.507 e. The van der Waals surface area contributed by atoms with Gasteiger partial charge in [0.2, 0.25) is 0 Å². The fraction of sp³-hybridized carbons (Fsp3) is 0.267. The molecule has 1 unspecified atom stereocenters. The number of para-hydroxylation sites is 1. The number of Topliss-reactive ketones (excluding diaryl/α,β-unsaturated/α-hetero) is 1. The number of rotatable bonds is 8. The molecule has 2 aliphatic heterocycles. The molecule has 1 fully saturated rings. The number of ketones is 1. The highest BCUT2D eigenvalue weighted by Gasteiger charge is 2.46. The molecule has 1 N–H and O–H groups in total. The van der Waals surface area contributed by atoms with Crippen molar-refractivity contribution in [2.75, 3.05) is 40.4 Å². The van der Waals surface area contributed by atoms with Crippen molar-refractivity contribution in [2.24, 2.45) is 0 Å². The van der Waals surface area contributed by atoms with Gasteiger partial charge >= 0.3 is 0 Å². The second-order valence-electron chi connectivity index (χ2n) is 9.50. The summed E-state index contributed by atoms with van der Waals surface area (Å²) in [5.41, 5.74) is 1.08. The van der Waals surface area contributed by atoms with Crippen LogP contribution in [0.4, 0.5) is 0 Å². The molecule has 3 aromatic carbocycles. The molecule has 196 valence electrons. The van der Waals surface area contributed by atoms with Gasteiger partial charge in [-0.3, -0.25) is 9.59 Å². The van der Waals surface area contributed by atoms with Crippen molar-refractivity contribution in [2.45, 2.75) is 12.5 Å². The number of carbonyl (C=O) groups is 2. The Labute approximate surface area is 221 Å². The van der Waals surface area contributed by atoms with Gasteiger partial charge < -0.3 is 29.1 Å². The highest BCUT2D eigenvalue weighted by Crippen LogP contribution is 2.42. The SMILES string of the molecule is CN(C)CCCN1C(=O)C(=O)/C(=C(\O)c2ccc3c(c2)OCCO3)C1c1cccc(Oc2ccccc2)c1. The van der Waals surface area contributed by atoms with Crippen molar-refractivity contribution in [3.05, 3.63) is 89.5 Å². The van der Waals surface area contributed by atoms with Gasteiger partial charge in [-0.2, -0.15) is 0 Å². The Bertz CT molecular complexity index is 1370. The van der Waals surface area contributed by atoms with E-state index in [1.165, 1.54) is 4.90 Å². The molecular formula is C30H30N2O6. The highest BCUT2D eigenvalue weighted by atomic mass is 16.6. The number of fused-ring (bicyclic) bond motifs is 1. The molecule has 1 saturated heterocycles. The van der Waals surface area contributed by atoms with E-state index in [0.29, 0.717) is 60.3 Å². The second-order valence-corrected chi connectivity index (χ2v) is 9.50. The monoisotopic (exact) mass is 514 g/mol. The average molecular weight is 515 g/mol. The van der Waals surface area contributed by atoms with E-state index in [2.05, 4.69) is 0 Å². The molecule has 0 saturated carbocycles. The lowest BCUT2D eigenvalue weighted by Gasteiger charge is -2.26. The third-order valence-corrected chi connectivity index (χ3v) is 6.51. The fourth-order valence-electron chi connectivity index (χ4n) is 4.73. The molecule has 0 aliphatic carbocycles. The smallest absolute Gasteiger partial charge is 0.295 e. The van der Waals surface area contributed by atoms with Crippen molar-refractivity contribution >= 4 is 17.4 Å². The molecular weight excluding hydrogens is 484 g/mol. The van der Waals surface area contributed by atoms with Crippen LogP contribution in [0.5, 0.6) is 23.0 Å². The normalized spacial score (nSPS) is 18.2. The number of aliphatic hydroxyl groups is 1. The number of likely N-dealkylation sites (tertiary alicyclic amines) is 1. The van der Waals surface area contributed by atoms with Gasteiger partial charge in [-0.25, -0.2) is 0 Å². The van der Waals surface area contributed by atoms with E-state index in [0.717, 1.165) is 6.54 Å². The lowest BCUT2D eigenvalue weighted by molar-refractivity contribution is -0.139. The minimum absolute atomic E-state index is 0.0355. The number of benzene rings is 3. The second kappa shape index (κ2) is 11.0. The van der Waals surface area contributed by atoms with E-state index < -0.39 is 17.7 Å². The molecule has 2 heterocycles. The molecule has 0 bridgehead atoms. The van der Waals surface area contributed by atoms with Gasteiger partial charge in [0.05, 0.1) is 11.6 Å². The van der Waals surface area contributed by atoms with Crippen LogP contribution in [-0.4, -0.2) is 67.0 Å². The standard InChI is InChI=1S/C30H30N2O6/c1-31(2)14-7-15-32-27(20-8-6-11-23(18-20)38-22-9-4-3-5-10-22)26(29(34)30(32)35)28(33)21-12-13-24-25(19-21)37-17-16-36-24/h3-6,8-13,18-19,27,33H,7,14-17H2,1-2H3/b28-26-. The summed E-state index contributed by atoms with van der Waals surface area (Å²) in [6.45, 7) is 1.93. The quantitative estimate of drug-likeness (QED) is 0.267. The van der Waals surface area contributed by atoms with Crippen LogP contribution in [0.3, 0.4) is 0 Å². The average Bonchev–Trinajstić information content (AvgIpc) is 3.18. The predicted molar refractivity (Wildman–Crippen MR) is 143 cm³/mol. The lowest BCUT2D eigenvalue weighted by atomic mass is 9.95. The Morgan fingerprint density at radius 3 is 2.45 bits per heavy atom. The van der Waals surface area contributed by atoms with E-state index in [9.17, 15) is 14.7 Å². The van der Waals surface area contributed by atoms with E-state index in [-0.39, 0.29) is 11.3 Å². The molecule has 8 heteroatoms. The van der Waals surface area contributed by atoms with Crippen LogP contribution in [0, 0.1) is 0 Å². The number of nitrogens with zero attached hydrogens (tertiary/aromatic N) is 2. The van der Waals surface area contributed by atoms with Crippen molar-refractivity contribution in [3.63, 3.8) is 0 Å².